The van der Waals surface area contributed by atoms with Gasteiger partial charge in [-0.05, 0) is 30.8 Å². The summed E-state index contributed by atoms with van der Waals surface area (Å²) < 4.78 is 15.4. The van der Waals surface area contributed by atoms with Crippen LogP contribution >= 0.6 is 0 Å². The maximum atomic E-state index is 13.9. The van der Waals surface area contributed by atoms with Gasteiger partial charge in [0, 0.05) is 73.9 Å². The van der Waals surface area contributed by atoms with Crippen LogP contribution in [0.3, 0.4) is 0 Å². The van der Waals surface area contributed by atoms with Gasteiger partial charge in [0.15, 0.2) is 0 Å². The molecule has 1 aliphatic heterocycles. The Morgan fingerprint density at radius 2 is 1.85 bits per heavy atom. The van der Waals surface area contributed by atoms with E-state index >= 15 is 0 Å². The van der Waals surface area contributed by atoms with E-state index in [9.17, 15) is 4.39 Å². The molecule has 0 radical (unpaired) electrons. The molecule has 6 rings (SSSR count). The zero-order valence-electron chi connectivity index (χ0n) is 18.2. The van der Waals surface area contributed by atoms with Gasteiger partial charge >= 0.3 is 0 Å². The summed E-state index contributed by atoms with van der Waals surface area (Å²) in [4.78, 5) is 25.9. The van der Waals surface area contributed by atoms with Crippen molar-refractivity contribution in [1.82, 2.24) is 34.2 Å². The van der Waals surface area contributed by atoms with Crippen molar-refractivity contribution in [3.63, 3.8) is 0 Å². The average Bonchev–Trinajstić information content (AvgIpc) is 3.43. The monoisotopic (exact) mass is 442 g/mol. The van der Waals surface area contributed by atoms with Crippen LogP contribution in [0.25, 0.3) is 27.8 Å². The molecule has 5 aromatic heterocycles. The second-order valence-electron chi connectivity index (χ2n) is 8.47. The summed E-state index contributed by atoms with van der Waals surface area (Å²) in [6.07, 6.45) is 9.18. The van der Waals surface area contributed by atoms with Gasteiger partial charge in [0.2, 0.25) is 5.95 Å². The zero-order valence-corrected chi connectivity index (χ0v) is 18.2. The molecule has 0 bridgehead atoms. The molecule has 6 heterocycles. The fourth-order valence-electron chi connectivity index (χ4n) is 4.30. The topological polar surface area (TPSA) is 78.2 Å². The first-order chi connectivity index (χ1) is 16.1. The molecule has 1 aliphatic rings. The Balaban J connectivity index is 1.22. The molecule has 33 heavy (non-hydrogen) atoms. The van der Waals surface area contributed by atoms with E-state index in [4.69, 9.17) is 4.98 Å². The van der Waals surface area contributed by atoms with Gasteiger partial charge < -0.3 is 14.8 Å². The van der Waals surface area contributed by atoms with Crippen molar-refractivity contribution in [2.75, 3.05) is 38.1 Å². The van der Waals surface area contributed by atoms with E-state index in [1.54, 1.807) is 12.3 Å². The molecule has 8 nitrogen and oxygen atoms in total. The number of anilines is 1. The Bertz CT molecular complexity index is 1430. The molecule has 0 aliphatic carbocycles. The number of piperazine rings is 1. The smallest absolute Gasteiger partial charge is 0.217 e. The summed E-state index contributed by atoms with van der Waals surface area (Å²) in [5.74, 6) is 1.35. The van der Waals surface area contributed by atoms with Gasteiger partial charge in [-0.25, -0.2) is 19.9 Å². The van der Waals surface area contributed by atoms with Crippen LogP contribution < -0.4 is 4.90 Å². The number of likely N-dealkylation sites (N-methyl/N-ethyl adjacent to an activating group) is 1. The normalized spacial score (nSPS) is 15.0. The quantitative estimate of drug-likeness (QED) is 0.461. The van der Waals surface area contributed by atoms with Gasteiger partial charge in [-0.2, -0.15) is 4.39 Å². The molecule has 1 N–H and O–H groups in total. The molecular formula is C24H23FN8. The minimum absolute atomic E-state index is 0.391. The molecule has 0 unspecified atom stereocenters. The number of aromatic nitrogens is 6. The van der Waals surface area contributed by atoms with Gasteiger partial charge in [-0.1, -0.05) is 6.07 Å². The lowest BCUT2D eigenvalue weighted by molar-refractivity contribution is 0.312. The molecule has 5 aromatic rings. The Morgan fingerprint density at radius 3 is 2.67 bits per heavy atom. The first kappa shape index (κ1) is 19.8. The molecule has 0 aromatic carbocycles. The minimum atomic E-state index is -0.391. The van der Waals surface area contributed by atoms with E-state index in [0.29, 0.717) is 12.1 Å². The Labute approximate surface area is 189 Å². The van der Waals surface area contributed by atoms with Crippen LogP contribution in [-0.4, -0.2) is 67.4 Å². The SMILES string of the molecule is CN1CCN(c2ccc(Cc3ncc4c(-c5ccc6ncc(F)n6c5)c[nH]c4n3)cn2)CC1. The molecule has 0 saturated carbocycles. The van der Waals surface area contributed by atoms with Crippen molar-refractivity contribution in [2.45, 2.75) is 6.42 Å². The zero-order chi connectivity index (χ0) is 22.4. The van der Waals surface area contributed by atoms with E-state index in [0.717, 1.165) is 65.5 Å². The number of hydrogen-bond acceptors (Lipinski definition) is 6. The highest BCUT2D eigenvalue weighted by molar-refractivity contribution is 5.93. The maximum Gasteiger partial charge on any atom is 0.217 e. The second-order valence-corrected chi connectivity index (χ2v) is 8.47. The number of fused-ring (bicyclic) bond motifs is 2. The van der Waals surface area contributed by atoms with Gasteiger partial charge in [-0.15, -0.1) is 0 Å². The Morgan fingerprint density at radius 1 is 0.970 bits per heavy atom. The van der Waals surface area contributed by atoms with E-state index in [1.165, 1.54) is 10.6 Å². The summed E-state index contributed by atoms with van der Waals surface area (Å²) in [6, 6.07) is 7.90. The predicted octanol–water partition coefficient (Wildman–Crippen LogP) is 3.15. The van der Waals surface area contributed by atoms with E-state index < -0.39 is 5.95 Å². The first-order valence-electron chi connectivity index (χ1n) is 11.0. The van der Waals surface area contributed by atoms with Gasteiger partial charge in [0.05, 0.1) is 6.20 Å². The molecule has 1 saturated heterocycles. The number of hydrogen-bond donors (Lipinski definition) is 1. The lowest BCUT2D eigenvalue weighted by Gasteiger charge is -2.33. The van der Waals surface area contributed by atoms with Crippen molar-refractivity contribution in [1.29, 1.82) is 0 Å². The molecule has 0 atom stereocenters. The fraction of sp³-hybridized carbons (Fsp3) is 0.250. The third-order valence-electron chi connectivity index (χ3n) is 6.25. The number of rotatable bonds is 4. The molecule has 0 amide bonds. The number of nitrogens with zero attached hydrogens (tertiary/aromatic N) is 7. The third-order valence-corrected chi connectivity index (χ3v) is 6.25. The van der Waals surface area contributed by atoms with Crippen LogP contribution in [0.2, 0.25) is 0 Å². The van der Waals surface area contributed by atoms with Crippen LogP contribution in [0, 0.1) is 5.95 Å². The highest BCUT2D eigenvalue weighted by Gasteiger charge is 2.15. The Kier molecular flexibility index (Phi) is 4.76. The molecule has 0 spiro atoms. The number of aromatic amines is 1. The van der Waals surface area contributed by atoms with Gasteiger partial charge in [0.1, 0.15) is 22.9 Å². The highest BCUT2D eigenvalue weighted by atomic mass is 19.1. The van der Waals surface area contributed by atoms with Crippen molar-refractivity contribution < 1.29 is 4.39 Å². The van der Waals surface area contributed by atoms with Gasteiger partial charge in [-0.3, -0.25) is 4.40 Å². The predicted molar refractivity (Wildman–Crippen MR) is 125 cm³/mol. The summed E-state index contributed by atoms with van der Waals surface area (Å²) in [6.45, 7) is 4.11. The number of halogens is 1. The maximum absolute atomic E-state index is 13.9. The summed E-state index contributed by atoms with van der Waals surface area (Å²) >= 11 is 0. The first-order valence-corrected chi connectivity index (χ1v) is 11.0. The minimum Gasteiger partial charge on any atom is -0.354 e. The molecule has 166 valence electrons. The lowest BCUT2D eigenvalue weighted by atomic mass is 10.1. The van der Waals surface area contributed by atoms with E-state index in [1.807, 2.05) is 24.7 Å². The fourth-order valence-corrected chi connectivity index (χ4v) is 4.30. The molecule has 9 heteroatoms. The van der Waals surface area contributed by atoms with Crippen LogP contribution in [0.15, 0.2) is 55.2 Å². The largest absolute Gasteiger partial charge is 0.354 e. The van der Waals surface area contributed by atoms with Gasteiger partial charge in [0.25, 0.3) is 0 Å². The van der Waals surface area contributed by atoms with Crippen molar-refractivity contribution in [3.05, 3.63) is 72.6 Å². The number of nitrogens with one attached hydrogen (secondary N) is 1. The average molecular weight is 443 g/mol. The lowest BCUT2D eigenvalue weighted by Crippen LogP contribution is -2.44. The summed E-state index contributed by atoms with van der Waals surface area (Å²) in [5, 5.41) is 0.891. The third kappa shape index (κ3) is 3.70. The summed E-state index contributed by atoms with van der Waals surface area (Å²) in [5.41, 5.74) is 4.18. The van der Waals surface area contributed by atoms with Crippen molar-refractivity contribution in [3.8, 4) is 11.1 Å². The van der Waals surface area contributed by atoms with E-state index in [2.05, 4.69) is 48.9 Å². The standard InChI is InChI=1S/C24H23FN8/c1-31-6-8-32(9-7-31)22-4-2-16(11-27-22)10-21-26-13-19-18(12-29-24(19)30-21)17-3-5-23-28-14-20(25)33(23)15-17/h2-5,11-15H,6-10H2,1H3,(H,26,29,30). The Hall–Kier alpha value is -3.85. The van der Waals surface area contributed by atoms with E-state index in [-0.39, 0.29) is 0 Å². The molecular weight excluding hydrogens is 419 g/mol. The van der Waals surface area contributed by atoms with Crippen molar-refractivity contribution >= 4 is 22.5 Å². The van der Waals surface area contributed by atoms with Crippen LogP contribution in [0.1, 0.15) is 11.4 Å². The highest BCUT2D eigenvalue weighted by Crippen LogP contribution is 2.28. The van der Waals surface area contributed by atoms with Crippen LogP contribution in [0.4, 0.5) is 10.2 Å². The van der Waals surface area contributed by atoms with Crippen LogP contribution in [-0.2, 0) is 6.42 Å². The molecule has 1 fully saturated rings. The number of imidazole rings is 1. The van der Waals surface area contributed by atoms with Crippen LogP contribution in [0.5, 0.6) is 0 Å². The number of pyridine rings is 2. The number of H-pyrrole nitrogens is 1. The summed E-state index contributed by atoms with van der Waals surface area (Å²) in [7, 11) is 2.15. The van der Waals surface area contributed by atoms with Crippen molar-refractivity contribution in [2.24, 2.45) is 0 Å². The second kappa shape index (κ2) is 7.93.